The van der Waals surface area contributed by atoms with Crippen molar-refractivity contribution in [2.45, 2.75) is 58.1 Å². The van der Waals surface area contributed by atoms with Crippen molar-refractivity contribution in [3.8, 4) is 0 Å². The maximum atomic E-state index is 12.3. The molecule has 1 aromatic rings. The lowest BCUT2D eigenvalue weighted by atomic mass is 10.0. The normalized spacial score (nSPS) is 22.2. The minimum absolute atomic E-state index is 0.0879. The molecule has 2 saturated heterocycles. The lowest BCUT2D eigenvalue weighted by molar-refractivity contribution is -0.121. The Morgan fingerprint density at radius 2 is 2.08 bits per heavy atom. The van der Waals surface area contributed by atoms with Crippen molar-refractivity contribution in [2.75, 3.05) is 26.2 Å². The van der Waals surface area contributed by atoms with Crippen LogP contribution in [0, 0.1) is 13.8 Å². The fourth-order valence-electron chi connectivity index (χ4n) is 3.73. The molecule has 7 nitrogen and oxygen atoms in total. The number of hydrogen-bond donors (Lipinski definition) is 2. The van der Waals surface area contributed by atoms with Gasteiger partial charge in [0.25, 0.3) is 5.56 Å². The highest BCUT2D eigenvalue weighted by Crippen LogP contribution is 2.17. The molecular weight excluding hydrogens is 320 g/mol. The van der Waals surface area contributed by atoms with Gasteiger partial charge >= 0.3 is 0 Å². The molecule has 0 aromatic carbocycles. The molecule has 0 spiro atoms. The second-order valence-corrected chi connectivity index (χ2v) is 7.17. The third-order valence-corrected chi connectivity index (χ3v) is 5.12. The SMILES string of the molecule is Cc1nc(C)c(CC(=O)NC2CCN(C[C@H]3CCCO3)CC2)c(=O)[nH]1. The summed E-state index contributed by atoms with van der Waals surface area (Å²) in [6.45, 7) is 7.37. The molecule has 138 valence electrons. The molecule has 0 bridgehead atoms. The number of H-pyrrole nitrogens is 1. The van der Waals surface area contributed by atoms with E-state index in [9.17, 15) is 9.59 Å². The fourth-order valence-corrected chi connectivity index (χ4v) is 3.73. The van der Waals surface area contributed by atoms with E-state index in [2.05, 4.69) is 20.2 Å². The third-order valence-electron chi connectivity index (χ3n) is 5.12. The maximum Gasteiger partial charge on any atom is 0.254 e. The van der Waals surface area contributed by atoms with E-state index in [-0.39, 0.29) is 23.9 Å². The lowest BCUT2D eigenvalue weighted by Crippen LogP contribution is -2.47. The van der Waals surface area contributed by atoms with Crippen LogP contribution in [-0.2, 0) is 16.0 Å². The molecule has 0 saturated carbocycles. The van der Waals surface area contributed by atoms with Crippen molar-refractivity contribution in [2.24, 2.45) is 0 Å². The number of nitrogens with one attached hydrogen (secondary N) is 2. The Morgan fingerprint density at radius 3 is 2.72 bits per heavy atom. The molecule has 2 N–H and O–H groups in total. The molecule has 3 rings (SSSR count). The van der Waals surface area contributed by atoms with Gasteiger partial charge in [-0.25, -0.2) is 4.98 Å². The topological polar surface area (TPSA) is 87.3 Å². The summed E-state index contributed by atoms with van der Waals surface area (Å²) in [5.41, 5.74) is 0.869. The first kappa shape index (κ1) is 18.1. The second-order valence-electron chi connectivity index (χ2n) is 7.17. The van der Waals surface area contributed by atoms with Crippen LogP contribution in [0.1, 0.15) is 42.8 Å². The van der Waals surface area contributed by atoms with E-state index < -0.39 is 0 Å². The summed E-state index contributed by atoms with van der Waals surface area (Å²) >= 11 is 0. The number of hydrogen-bond acceptors (Lipinski definition) is 5. The van der Waals surface area contributed by atoms with Crippen LogP contribution in [0.3, 0.4) is 0 Å². The van der Waals surface area contributed by atoms with Gasteiger partial charge in [-0.1, -0.05) is 0 Å². The molecule has 7 heteroatoms. The van der Waals surface area contributed by atoms with E-state index in [0.717, 1.165) is 45.5 Å². The number of piperidine rings is 1. The zero-order chi connectivity index (χ0) is 17.8. The third kappa shape index (κ3) is 4.89. The monoisotopic (exact) mass is 348 g/mol. The largest absolute Gasteiger partial charge is 0.377 e. The van der Waals surface area contributed by atoms with E-state index in [1.807, 2.05) is 0 Å². The van der Waals surface area contributed by atoms with E-state index in [4.69, 9.17) is 4.74 Å². The van der Waals surface area contributed by atoms with Gasteiger partial charge in [0.15, 0.2) is 0 Å². The molecule has 2 fully saturated rings. The summed E-state index contributed by atoms with van der Waals surface area (Å²) in [5, 5.41) is 3.07. The Labute approximate surface area is 148 Å². The first-order valence-electron chi connectivity index (χ1n) is 9.21. The maximum absolute atomic E-state index is 12.3. The van der Waals surface area contributed by atoms with Gasteiger partial charge in [0.1, 0.15) is 5.82 Å². The summed E-state index contributed by atoms with van der Waals surface area (Å²) in [6.07, 6.45) is 4.69. The number of rotatable bonds is 5. The zero-order valence-corrected chi connectivity index (χ0v) is 15.1. The number of carbonyl (C=O) groups excluding carboxylic acids is 1. The van der Waals surface area contributed by atoms with Crippen LogP contribution in [-0.4, -0.2) is 59.2 Å². The van der Waals surface area contributed by atoms with Crippen LogP contribution in [0.5, 0.6) is 0 Å². The van der Waals surface area contributed by atoms with Crippen molar-refractivity contribution in [3.05, 3.63) is 27.4 Å². The van der Waals surface area contributed by atoms with Crippen LogP contribution >= 0.6 is 0 Å². The average Bonchev–Trinajstić information content (AvgIpc) is 3.06. The summed E-state index contributed by atoms with van der Waals surface area (Å²) in [5.74, 6) is 0.474. The van der Waals surface area contributed by atoms with Gasteiger partial charge in [0.2, 0.25) is 5.91 Å². The molecule has 0 radical (unpaired) electrons. The van der Waals surface area contributed by atoms with E-state index >= 15 is 0 Å². The van der Waals surface area contributed by atoms with Crippen molar-refractivity contribution in [1.29, 1.82) is 0 Å². The quantitative estimate of drug-likeness (QED) is 0.817. The molecule has 2 aliphatic rings. The van der Waals surface area contributed by atoms with E-state index in [1.54, 1.807) is 13.8 Å². The van der Waals surface area contributed by atoms with Gasteiger partial charge in [-0.2, -0.15) is 0 Å². The molecule has 2 aliphatic heterocycles. The number of nitrogens with zero attached hydrogens (tertiary/aromatic N) is 2. The smallest absolute Gasteiger partial charge is 0.254 e. The predicted molar refractivity (Wildman–Crippen MR) is 94.6 cm³/mol. The van der Waals surface area contributed by atoms with Gasteiger partial charge in [0, 0.05) is 43.5 Å². The number of carbonyl (C=O) groups is 1. The van der Waals surface area contributed by atoms with E-state index in [0.29, 0.717) is 23.2 Å². The number of likely N-dealkylation sites (tertiary alicyclic amines) is 1. The van der Waals surface area contributed by atoms with Crippen molar-refractivity contribution in [1.82, 2.24) is 20.2 Å². The van der Waals surface area contributed by atoms with Crippen molar-refractivity contribution in [3.63, 3.8) is 0 Å². The minimum atomic E-state index is -0.216. The fraction of sp³-hybridized carbons (Fsp3) is 0.722. The molecule has 1 atom stereocenters. The van der Waals surface area contributed by atoms with Crippen LogP contribution in [0.25, 0.3) is 0 Å². The van der Waals surface area contributed by atoms with Gasteiger partial charge in [0.05, 0.1) is 12.5 Å². The lowest BCUT2D eigenvalue weighted by Gasteiger charge is -2.33. The molecule has 0 aliphatic carbocycles. The zero-order valence-electron chi connectivity index (χ0n) is 15.1. The van der Waals surface area contributed by atoms with Gasteiger partial charge in [-0.3, -0.25) is 9.59 Å². The summed E-state index contributed by atoms with van der Waals surface area (Å²) in [6, 6.07) is 0.186. The Morgan fingerprint density at radius 1 is 1.32 bits per heavy atom. The predicted octanol–water partition coefficient (Wildman–Crippen LogP) is 0.689. The van der Waals surface area contributed by atoms with Crippen molar-refractivity contribution >= 4 is 5.91 Å². The highest BCUT2D eigenvalue weighted by atomic mass is 16.5. The highest BCUT2D eigenvalue weighted by Gasteiger charge is 2.25. The van der Waals surface area contributed by atoms with E-state index in [1.165, 1.54) is 6.42 Å². The van der Waals surface area contributed by atoms with Crippen LogP contribution in [0.4, 0.5) is 0 Å². The first-order valence-corrected chi connectivity index (χ1v) is 9.21. The molecule has 0 unspecified atom stereocenters. The first-order chi connectivity index (χ1) is 12.0. The van der Waals surface area contributed by atoms with Crippen LogP contribution in [0.15, 0.2) is 4.79 Å². The second kappa shape index (κ2) is 8.10. The molecule has 1 amide bonds. The average molecular weight is 348 g/mol. The number of aromatic nitrogens is 2. The number of aryl methyl sites for hydroxylation is 2. The van der Waals surface area contributed by atoms with Crippen LogP contribution in [0.2, 0.25) is 0 Å². The minimum Gasteiger partial charge on any atom is -0.377 e. The molecule has 25 heavy (non-hydrogen) atoms. The number of aromatic amines is 1. The summed E-state index contributed by atoms with van der Waals surface area (Å²) in [7, 11) is 0. The van der Waals surface area contributed by atoms with Crippen LogP contribution < -0.4 is 10.9 Å². The summed E-state index contributed by atoms with van der Waals surface area (Å²) < 4.78 is 5.69. The number of amides is 1. The molecule has 1 aromatic heterocycles. The molecular formula is C18H28N4O3. The Balaban J connectivity index is 1.45. The molecule has 3 heterocycles. The Bertz CT molecular complexity index is 659. The standard InChI is InChI=1S/C18H28N4O3/c1-12-16(18(24)20-13(2)19-12)10-17(23)21-14-5-7-22(8-6-14)11-15-4-3-9-25-15/h14-15H,3-11H2,1-2H3,(H,21,23)(H,19,20,24)/t15-/m1/s1. The highest BCUT2D eigenvalue weighted by molar-refractivity contribution is 5.79. The number of ether oxygens (including phenoxy) is 1. The Hall–Kier alpha value is -1.73. The van der Waals surface area contributed by atoms with Gasteiger partial charge in [-0.05, 0) is 39.5 Å². The van der Waals surface area contributed by atoms with Gasteiger partial charge in [-0.15, -0.1) is 0 Å². The van der Waals surface area contributed by atoms with Crippen molar-refractivity contribution < 1.29 is 9.53 Å². The summed E-state index contributed by atoms with van der Waals surface area (Å²) in [4.78, 5) is 33.6. The van der Waals surface area contributed by atoms with Gasteiger partial charge < -0.3 is 19.9 Å². The Kier molecular flexibility index (Phi) is 5.86.